The van der Waals surface area contributed by atoms with Crippen LogP contribution in [0.4, 0.5) is 0 Å². The van der Waals surface area contributed by atoms with Crippen LogP contribution < -0.4 is 0 Å². The van der Waals surface area contributed by atoms with Crippen molar-refractivity contribution in [1.82, 2.24) is 9.97 Å². The molecule has 0 N–H and O–H groups in total. The molecule has 0 saturated carbocycles. The highest BCUT2D eigenvalue weighted by Crippen LogP contribution is 2.22. The van der Waals surface area contributed by atoms with Crippen molar-refractivity contribution in [3.63, 3.8) is 0 Å². The molecule has 0 atom stereocenters. The van der Waals surface area contributed by atoms with Gasteiger partial charge in [0.15, 0.2) is 10.2 Å². The Balaban J connectivity index is 2.08. The van der Waals surface area contributed by atoms with Gasteiger partial charge in [0.2, 0.25) is 0 Å². The van der Waals surface area contributed by atoms with Crippen LogP contribution in [0.2, 0.25) is 5.15 Å². The molecule has 0 aliphatic rings. The molecule has 1 heterocycles. The summed E-state index contributed by atoms with van der Waals surface area (Å²) in [5.41, 5.74) is 3.59. The minimum Gasteiger partial charge on any atom is -0.243 e. The molecule has 0 amide bonds. The molecule has 0 bridgehead atoms. The summed E-state index contributed by atoms with van der Waals surface area (Å²) < 4.78 is 4.25. The predicted octanol–water partition coefficient (Wildman–Crippen LogP) is 3.87. The van der Waals surface area contributed by atoms with Crippen LogP contribution in [0.1, 0.15) is 16.7 Å². The standard InChI is InChI=1S/C13H12ClN3S/c1-9-3-4-11(7-10(9)2)8-17-18-13-12(14)15-5-6-16-13/h3-8H,1-2H3. The molecular formula is C13H12ClN3S. The number of hydrogen-bond acceptors (Lipinski definition) is 4. The zero-order valence-electron chi connectivity index (χ0n) is 10.1. The van der Waals surface area contributed by atoms with Gasteiger partial charge in [-0.15, -0.1) is 0 Å². The van der Waals surface area contributed by atoms with Crippen molar-refractivity contribution in [3.8, 4) is 0 Å². The Hall–Kier alpha value is -1.39. The van der Waals surface area contributed by atoms with Crippen LogP contribution >= 0.6 is 23.5 Å². The highest BCUT2D eigenvalue weighted by molar-refractivity contribution is 7.98. The van der Waals surface area contributed by atoms with Crippen LogP contribution in [0.25, 0.3) is 0 Å². The number of halogens is 1. The van der Waals surface area contributed by atoms with E-state index in [9.17, 15) is 0 Å². The van der Waals surface area contributed by atoms with Crippen molar-refractivity contribution < 1.29 is 0 Å². The Bertz CT molecular complexity index is 584. The van der Waals surface area contributed by atoms with E-state index >= 15 is 0 Å². The van der Waals surface area contributed by atoms with Gasteiger partial charge in [-0.05, 0) is 30.5 Å². The van der Waals surface area contributed by atoms with E-state index in [1.165, 1.54) is 23.1 Å². The molecule has 2 aromatic rings. The fourth-order valence-electron chi connectivity index (χ4n) is 1.35. The molecule has 0 saturated heterocycles. The zero-order valence-corrected chi connectivity index (χ0v) is 11.7. The van der Waals surface area contributed by atoms with Gasteiger partial charge < -0.3 is 0 Å². The maximum absolute atomic E-state index is 5.88. The smallest absolute Gasteiger partial charge is 0.163 e. The highest BCUT2D eigenvalue weighted by Gasteiger charge is 2.01. The number of hydrogen-bond donors (Lipinski definition) is 0. The Kier molecular flexibility index (Phi) is 4.33. The second-order valence-electron chi connectivity index (χ2n) is 3.82. The minimum atomic E-state index is 0.375. The number of aromatic nitrogens is 2. The van der Waals surface area contributed by atoms with Crippen molar-refractivity contribution >= 4 is 29.8 Å². The van der Waals surface area contributed by atoms with Crippen molar-refractivity contribution in [2.24, 2.45) is 4.40 Å². The summed E-state index contributed by atoms with van der Waals surface area (Å²) in [6.07, 6.45) is 4.95. The van der Waals surface area contributed by atoms with Crippen LogP contribution in [0.5, 0.6) is 0 Å². The van der Waals surface area contributed by atoms with Crippen LogP contribution in [0, 0.1) is 13.8 Å². The first kappa shape index (κ1) is 13.1. The normalized spacial score (nSPS) is 11.1. The van der Waals surface area contributed by atoms with E-state index in [1.807, 2.05) is 6.07 Å². The molecule has 5 heteroatoms. The first-order valence-electron chi connectivity index (χ1n) is 5.41. The number of benzene rings is 1. The summed E-state index contributed by atoms with van der Waals surface area (Å²) in [6.45, 7) is 4.17. The minimum absolute atomic E-state index is 0.375. The maximum atomic E-state index is 5.88. The zero-order chi connectivity index (χ0) is 13.0. The number of rotatable bonds is 3. The molecule has 1 aromatic heterocycles. The van der Waals surface area contributed by atoms with Gasteiger partial charge in [-0.2, -0.15) is 0 Å². The number of aryl methyl sites for hydroxylation is 2. The Morgan fingerprint density at radius 2 is 1.94 bits per heavy atom. The highest BCUT2D eigenvalue weighted by atomic mass is 35.5. The van der Waals surface area contributed by atoms with Gasteiger partial charge in [0.25, 0.3) is 0 Å². The molecule has 0 aliphatic carbocycles. The first-order chi connectivity index (χ1) is 8.66. The predicted molar refractivity (Wildman–Crippen MR) is 76.4 cm³/mol. The molecule has 0 radical (unpaired) electrons. The SMILES string of the molecule is Cc1ccc(C=NSc2nccnc2Cl)cc1C. The summed E-state index contributed by atoms with van der Waals surface area (Å²) in [4.78, 5) is 8.03. The van der Waals surface area contributed by atoms with Crippen molar-refractivity contribution in [2.45, 2.75) is 18.9 Å². The van der Waals surface area contributed by atoms with Crippen LogP contribution in [-0.4, -0.2) is 16.2 Å². The number of nitrogens with zero attached hydrogens (tertiary/aromatic N) is 3. The van der Waals surface area contributed by atoms with E-state index in [4.69, 9.17) is 11.6 Å². The molecule has 18 heavy (non-hydrogen) atoms. The largest absolute Gasteiger partial charge is 0.243 e. The summed E-state index contributed by atoms with van der Waals surface area (Å²) >= 11 is 7.10. The maximum Gasteiger partial charge on any atom is 0.163 e. The molecular weight excluding hydrogens is 266 g/mol. The molecule has 0 fully saturated rings. The third-order valence-corrected chi connectivity index (χ3v) is 3.57. The van der Waals surface area contributed by atoms with Gasteiger partial charge in [0.05, 0.1) is 0 Å². The Morgan fingerprint density at radius 1 is 1.17 bits per heavy atom. The monoisotopic (exact) mass is 277 g/mol. The first-order valence-corrected chi connectivity index (χ1v) is 6.56. The van der Waals surface area contributed by atoms with E-state index in [1.54, 1.807) is 18.6 Å². The summed E-state index contributed by atoms with van der Waals surface area (Å²) in [7, 11) is 0. The van der Waals surface area contributed by atoms with E-state index in [2.05, 4.69) is 40.3 Å². The summed E-state index contributed by atoms with van der Waals surface area (Å²) in [6, 6.07) is 6.21. The van der Waals surface area contributed by atoms with Gasteiger partial charge in [-0.1, -0.05) is 29.8 Å². The van der Waals surface area contributed by atoms with E-state index < -0.39 is 0 Å². The Morgan fingerprint density at radius 3 is 2.67 bits per heavy atom. The Labute approximate surface area is 115 Å². The van der Waals surface area contributed by atoms with Crippen LogP contribution in [-0.2, 0) is 0 Å². The second-order valence-corrected chi connectivity index (χ2v) is 4.96. The van der Waals surface area contributed by atoms with Gasteiger partial charge in [-0.3, -0.25) is 0 Å². The summed E-state index contributed by atoms with van der Waals surface area (Å²) in [5.74, 6) is 0. The lowest BCUT2D eigenvalue weighted by Crippen LogP contribution is -1.86. The quantitative estimate of drug-likeness (QED) is 0.631. The van der Waals surface area contributed by atoms with Gasteiger partial charge >= 0.3 is 0 Å². The van der Waals surface area contributed by atoms with Crippen LogP contribution in [0.3, 0.4) is 0 Å². The lowest BCUT2D eigenvalue weighted by atomic mass is 10.1. The van der Waals surface area contributed by atoms with Gasteiger partial charge in [0, 0.05) is 30.6 Å². The third-order valence-electron chi connectivity index (χ3n) is 2.49. The average Bonchev–Trinajstić information content (AvgIpc) is 2.36. The second kappa shape index (κ2) is 5.98. The molecule has 1 aromatic carbocycles. The molecule has 3 nitrogen and oxygen atoms in total. The molecule has 2 rings (SSSR count). The van der Waals surface area contributed by atoms with Gasteiger partial charge in [-0.25, -0.2) is 14.4 Å². The van der Waals surface area contributed by atoms with E-state index in [0.29, 0.717) is 10.2 Å². The fourth-order valence-corrected chi connectivity index (χ4v) is 2.07. The van der Waals surface area contributed by atoms with Crippen molar-refractivity contribution in [2.75, 3.05) is 0 Å². The fraction of sp³-hybridized carbons (Fsp3) is 0.154. The lowest BCUT2D eigenvalue weighted by molar-refractivity contribution is 1.06. The third kappa shape index (κ3) is 3.31. The summed E-state index contributed by atoms with van der Waals surface area (Å²) in [5, 5.41) is 0.985. The topological polar surface area (TPSA) is 38.1 Å². The van der Waals surface area contributed by atoms with E-state index in [-0.39, 0.29) is 0 Å². The van der Waals surface area contributed by atoms with Crippen LogP contribution in [0.15, 0.2) is 40.0 Å². The molecule has 0 aliphatic heterocycles. The lowest BCUT2D eigenvalue weighted by Gasteiger charge is -2.00. The molecule has 92 valence electrons. The molecule has 0 unspecified atom stereocenters. The van der Waals surface area contributed by atoms with Gasteiger partial charge in [0.1, 0.15) is 0 Å². The van der Waals surface area contributed by atoms with Crippen molar-refractivity contribution in [3.05, 3.63) is 52.4 Å². The molecule has 0 spiro atoms. The van der Waals surface area contributed by atoms with Crippen molar-refractivity contribution in [1.29, 1.82) is 0 Å². The average molecular weight is 278 g/mol. The van der Waals surface area contributed by atoms with E-state index in [0.717, 1.165) is 5.56 Å².